The number of amides is 4. The summed E-state index contributed by atoms with van der Waals surface area (Å²) in [6.45, 7) is 1.95. The number of nitrogens with one attached hydrogen (secondary N) is 1. The summed E-state index contributed by atoms with van der Waals surface area (Å²) < 4.78 is 0. The van der Waals surface area contributed by atoms with Crippen molar-refractivity contribution in [1.82, 2.24) is 15.1 Å². The van der Waals surface area contributed by atoms with Crippen molar-refractivity contribution in [2.24, 2.45) is 5.73 Å². The molecule has 150 valence electrons. The lowest BCUT2D eigenvalue weighted by molar-refractivity contribution is -0.138. The van der Waals surface area contributed by atoms with Gasteiger partial charge in [-0.1, -0.05) is 5.57 Å². The summed E-state index contributed by atoms with van der Waals surface area (Å²) >= 11 is 1.64. The third-order valence-corrected chi connectivity index (χ3v) is 6.70. The highest BCUT2D eigenvalue weighted by Crippen LogP contribution is 2.38. The summed E-state index contributed by atoms with van der Waals surface area (Å²) in [5.74, 6) is 0.789. The summed E-state index contributed by atoms with van der Waals surface area (Å²) in [6.07, 6.45) is 10.2. The minimum Gasteiger partial charge on any atom is -0.352 e. The SMILES string of the molecule is CSCC[C@H](NC(N)=O)C(=O)N1CCCC12CCN(C(=O)C=C1CCC1)C2. The second-order valence-electron chi connectivity index (χ2n) is 7.83. The van der Waals surface area contributed by atoms with E-state index in [1.165, 1.54) is 12.0 Å². The molecule has 2 heterocycles. The largest absolute Gasteiger partial charge is 0.352 e. The summed E-state index contributed by atoms with van der Waals surface area (Å²) in [5.41, 5.74) is 6.24. The summed E-state index contributed by atoms with van der Waals surface area (Å²) in [4.78, 5) is 40.9. The van der Waals surface area contributed by atoms with Crippen LogP contribution in [0, 0.1) is 0 Å². The molecule has 3 rings (SSSR count). The van der Waals surface area contributed by atoms with Crippen LogP contribution in [0.4, 0.5) is 4.79 Å². The van der Waals surface area contributed by atoms with Crippen LogP contribution in [-0.2, 0) is 9.59 Å². The fourth-order valence-electron chi connectivity index (χ4n) is 4.40. The number of rotatable bonds is 6. The van der Waals surface area contributed by atoms with Crippen LogP contribution in [0.1, 0.15) is 44.9 Å². The first-order valence-electron chi connectivity index (χ1n) is 9.80. The van der Waals surface area contributed by atoms with Crippen LogP contribution in [0.15, 0.2) is 11.6 Å². The molecule has 0 radical (unpaired) electrons. The molecular weight excluding hydrogens is 364 g/mol. The van der Waals surface area contributed by atoms with Crippen molar-refractivity contribution in [3.63, 3.8) is 0 Å². The van der Waals surface area contributed by atoms with E-state index in [1.54, 1.807) is 17.8 Å². The molecule has 2 aliphatic heterocycles. The van der Waals surface area contributed by atoms with Crippen molar-refractivity contribution in [1.29, 1.82) is 0 Å². The quantitative estimate of drug-likeness (QED) is 0.667. The molecule has 7 nitrogen and oxygen atoms in total. The molecule has 8 heteroatoms. The lowest BCUT2D eigenvalue weighted by Crippen LogP contribution is -2.57. The first-order valence-corrected chi connectivity index (χ1v) is 11.2. The first-order chi connectivity index (χ1) is 12.9. The maximum absolute atomic E-state index is 13.2. The summed E-state index contributed by atoms with van der Waals surface area (Å²) in [7, 11) is 0. The predicted octanol–water partition coefficient (Wildman–Crippen LogP) is 1.48. The molecule has 27 heavy (non-hydrogen) atoms. The molecule has 1 unspecified atom stereocenters. The molecule has 3 aliphatic rings. The number of likely N-dealkylation sites (tertiary alicyclic amines) is 2. The third-order valence-electron chi connectivity index (χ3n) is 6.06. The van der Waals surface area contributed by atoms with Crippen LogP contribution < -0.4 is 11.1 Å². The monoisotopic (exact) mass is 394 g/mol. The second-order valence-corrected chi connectivity index (χ2v) is 8.81. The van der Waals surface area contributed by atoms with Crippen molar-refractivity contribution in [3.8, 4) is 0 Å². The molecule has 2 saturated heterocycles. The average molecular weight is 395 g/mol. The number of hydrogen-bond donors (Lipinski definition) is 2. The molecule has 0 aromatic heterocycles. The van der Waals surface area contributed by atoms with Gasteiger partial charge in [0.1, 0.15) is 6.04 Å². The van der Waals surface area contributed by atoms with E-state index in [9.17, 15) is 14.4 Å². The van der Waals surface area contributed by atoms with E-state index >= 15 is 0 Å². The van der Waals surface area contributed by atoms with Gasteiger partial charge in [-0.25, -0.2) is 4.79 Å². The zero-order valence-electron chi connectivity index (χ0n) is 16.0. The maximum Gasteiger partial charge on any atom is 0.312 e. The number of thioether (sulfide) groups is 1. The van der Waals surface area contributed by atoms with E-state index < -0.39 is 12.1 Å². The molecule has 3 fully saturated rings. The highest BCUT2D eigenvalue weighted by Gasteiger charge is 2.50. The normalized spacial score (nSPS) is 25.4. The van der Waals surface area contributed by atoms with Gasteiger partial charge in [0.2, 0.25) is 11.8 Å². The molecular formula is C19H30N4O3S. The third kappa shape index (κ3) is 4.42. The Labute approximate surface area is 165 Å². The molecule has 0 aromatic carbocycles. The molecule has 1 saturated carbocycles. The standard InChI is InChI=1S/C19H30N4O3S/c1-27-11-6-15(21-18(20)26)17(25)23-9-3-7-19(23)8-10-22(13-19)16(24)12-14-4-2-5-14/h12,15H,2-11,13H2,1H3,(H3,20,21,26)/t15-,19?/m0/s1. The van der Waals surface area contributed by atoms with Crippen molar-refractivity contribution in [2.75, 3.05) is 31.6 Å². The topological polar surface area (TPSA) is 95.7 Å². The van der Waals surface area contributed by atoms with E-state index in [2.05, 4.69) is 5.32 Å². The smallest absolute Gasteiger partial charge is 0.312 e. The molecule has 0 bridgehead atoms. The maximum atomic E-state index is 13.2. The Kier molecular flexibility index (Phi) is 6.34. The van der Waals surface area contributed by atoms with E-state index in [1.807, 2.05) is 16.1 Å². The van der Waals surface area contributed by atoms with Crippen molar-refractivity contribution in [3.05, 3.63) is 11.6 Å². The minimum atomic E-state index is -0.668. The van der Waals surface area contributed by atoms with Crippen LogP contribution in [0.25, 0.3) is 0 Å². The number of carbonyl (C=O) groups excluding carboxylic acids is 3. The average Bonchev–Trinajstić information content (AvgIpc) is 3.21. The number of nitrogens with zero attached hydrogens (tertiary/aromatic N) is 2. The molecule has 3 N–H and O–H groups in total. The van der Waals surface area contributed by atoms with Crippen LogP contribution >= 0.6 is 11.8 Å². The number of primary amides is 1. The lowest BCUT2D eigenvalue weighted by Gasteiger charge is -2.37. The predicted molar refractivity (Wildman–Crippen MR) is 106 cm³/mol. The van der Waals surface area contributed by atoms with Gasteiger partial charge in [0.05, 0.1) is 5.54 Å². The van der Waals surface area contributed by atoms with Gasteiger partial charge in [-0.05, 0) is 57.0 Å². The van der Waals surface area contributed by atoms with Gasteiger partial charge >= 0.3 is 6.03 Å². The molecule has 1 spiro atoms. The van der Waals surface area contributed by atoms with E-state index in [0.717, 1.165) is 37.9 Å². The van der Waals surface area contributed by atoms with Crippen LogP contribution in [0.2, 0.25) is 0 Å². The van der Waals surface area contributed by atoms with Crippen LogP contribution in [-0.4, -0.2) is 70.9 Å². The Hall–Kier alpha value is -1.70. The van der Waals surface area contributed by atoms with Gasteiger partial charge in [-0.2, -0.15) is 11.8 Å². The lowest BCUT2D eigenvalue weighted by atomic mass is 9.92. The van der Waals surface area contributed by atoms with Crippen LogP contribution in [0.5, 0.6) is 0 Å². The van der Waals surface area contributed by atoms with Crippen molar-refractivity contribution in [2.45, 2.75) is 56.5 Å². The zero-order chi connectivity index (χ0) is 19.4. The van der Waals surface area contributed by atoms with Gasteiger partial charge in [-0.3, -0.25) is 9.59 Å². The zero-order valence-corrected chi connectivity index (χ0v) is 16.9. The van der Waals surface area contributed by atoms with E-state index in [0.29, 0.717) is 26.1 Å². The Morgan fingerprint density at radius 1 is 1.26 bits per heavy atom. The second kappa shape index (κ2) is 8.54. The Balaban J connectivity index is 1.69. The van der Waals surface area contributed by atoms with E-state index in [4.69, 9.17) is 5.73 Å². The fourth-order valence-corrected chi connectivity index (χ4v) is 4.87. The molecule has 4 amide bonds. The molecule has 1 aliphatic carbocycles. The molecule has 2 atom stereocenters. The highest BCUT2D eigenvalue weighted by atomic mass is 32.2. The van der Waals surface area contributed by atoms with Crippen molar-refractivity contribution < 1.29 is 14.4 Å². The Bertz CT molecular complexity index is 632. The van der Waals surface area contributed by atoms with Crippen molar-refractivity contribution >= 4 is 29.6 Å². The minimum absolute atomic E-state index is 0.0630. The van der Waals surface area contributed by atoms with Gasteiger partial charge in [0, 0.05) is 25.7 Å². The number of nitrogens with two attached hydrogens (primary N) is 1. The highest BCUT2D eigenvalue weighted by molar-refractivity contribution is 7.98. The summed E-state index contributed by atoms with van der Waals surface area (Å²) in [6, 6.07) is -1.26. The van der Waals surface area contributed by atoms with E-state index in [-0.39, 0.29) is 17.4 Å². The number of allylic oxidation sites excluding steroid dienone is 1. The summed E-state index contributed by atoms with van der Waals surface area (Å²) in [5, 5.41) is 2.62. The first kappa shape index (κ1) is 20.0. The Morgan fingerprint density at radius 2 is 2.04 bits per heavy atom. The fraction of sp³-hybridized carbons (Fsp3) is 0.737. The number of carbonyl (C=O) groups is 3. The number of hydrogen-bond acceptors (Lipinski definition) is 4. The van der Waals surface area contributed by atoms with Gasteiger partial charge in [-0.15, -0.1) is 0 Å². The van der Waals surface area contributed by atoms with Crippen LogP contribution in [0.3, 0.4) is 0 Å². The van der Waals surface area contributed by atoms with Gasteiger partial charge in [0.15, 0.2) is 0 Å². The van der Waals surface area contributed by atoms with Gasteiger partial charge < -0.3 is 20.9 Å². The Morgan fingerprint density at radius 3 is 2.67 bits per heavy atom. The number of urea groups is 1. The molecule has 0 aromatic rings. The van der Waals surface area contributed by atoms with Gasteiger partial charge in [0.25, 0.3) is 0 Å².